The van der Waals surface area contributed by atoms with E-state index in [2.05, 4.69) is 25.2 Å². The molecule has 0 radical (unpaired) electrons. The number of nitriles is 1. The van der Waals surface area contributed by atoms with Crippen molar-refractivity contribution in [2.24, 2.45) is 11.3 Å². The van der Waals surface area contributed by atoms with Crippen LogP contribution < -0.4 is 11.1 Å². The quantitative estimate of drug-likeness (QED) is 0.780. The lowest BCUT2D eigenvalue weighted by Gasteiger charge is -2.20. The standard InChI is InChI=1S/C14H19N3/c1-10(2)14(5-6-14)9-17-12-3-4-13(16)11(7-12)8-15/h3-4,7,10,17H,5-6,9,16H2,1-2H3. The molecule has 3 nitrogen and oxygen atoms in total. The van der Waals surface area contributed by atoms with E-state index in [9.17, 15) is 0 Å². The third-order valence-corrected chi connectivity index (χ3v) is 3.94. The van der Waals surface area contributed by atoms with Gasteiger partial charge in [0.1, 0.15) is 6.07 Å². The normalized spacial score (nSPS) is 16.6. The zero-order valence-electron chi connectivity index (χ0n) is 10.5. The number of hydrogen-bond acceptors (Lipinski definition) is 3. The van der Waals surface area contributed by atoms with E-state index < -0.39 is 0 Å². The number of rotatable bonds is 4. The fraction of sp³-hybridized carbons (Fsp3) is 0.500. The van der Waals surface area contributed by atoms with E-state index in [0.29, 0.717) is 22.6 Å². The Hall–Kier alpha value is -1.69. The maximum atomic E-state index is 8.91. The predicted octanol–water partition coefficient (Wildman–Crippen LogP) is 2.99. The van der Waals surface area contributed by atoms with Crippen molar-refractivity contribution in [1.82, 2.24) is 0 Å². The highest BCUT2D eigenvalue weighted by Gasteiger charge is 2.44. The second-order valence-corrected chi connectivity index (χ2v) is 5.28. The highest BCUT2D eigenvalue weighted by atomic mass is 14.9. The molecular weight excluding hydrogens is 210 g/mol. The van der Waals surface area contributed by atoms with Crippen LogP contribution in [0.15, 0.2) is 18.2 Å². The molecule has 1 saturated carbocycles. The minimum absolute atomic E-state index is 0.466. The third kappa shape index (κ3) is 2.36. The van der Waals surface area contributed by atoms with Crippen molar-refractivity contribution in [3.63, 3.8) is 0 Å². The number of nitrogens with one attached hydrogen (secondary N) is 1. The van der Waals surface area contributed by atoms with E-state index >= 15 is 0 Å². The smallest absolute Gasteiger partial charge is 0.101 e. The Morgan fingerprint density at radius 2 is 2.18 bits per heavy atom. The molecule has 0 heterocycles. The minimum Gasteiger partial charge on any atom is -0.398 e. The van der Waals surface area contributed by atoms with Crippen LogP contribution in [0.4, 0.5) is 11.4 Å². The first-order valence-corrected chi connectivity index (χ1v) is 6.11. The van der Waals surface area contributed by atoms with Crippen molar-refractivity contribution < 1.29 is 0 Å². The van der Waals surface area contributed by atoms with Gasteiger partial charge in [0.2, 0.25) is 0 Å². The zero-order chi connectivity index (χ0) is 12.5. The lowest BCUT2D eigenvalue weighted by Crippen LogP contribution is -2.20. The van der Waals surface area contributed by atoms with Crippen LogP contribution in [0.3, 0.4) is 0 Å². The molecular formula is C14H19N3. The van der Waals surface area contributed by atoms with Crippen LogP contribution in [0.2, 0.25) is 0 Å². The average molecular weight is 229 g/mol. The number of nitrogens with two attached hydrogens (primary N) is 1. The fourth-order valence-electron chi connectivity index (χ4n) is 2.16. The molecule has 3 N–H and O–H groups in total. The Kier molecular flexibility index (Phi) is 2.97. The van der Waals surface area contributed by atoms with E-state index in [-0.39, 0.29) is 0 Å². The molecule has 1 aliphatic rings. The fourth-order valence-corrected chi connectivity index (χ4v) is 2.16. The molecule has 3 heteroatoms. The number of hydrogen-bond donors (Lipinski definition) is 2. The van der Waals surface area contributed by atoms with E-state index in [4.69, 9.17) is 11.0 Å². The van der Waals surface area contributed by atoms with Gasteiger partial charge in [0.05, 0.1) is 5.56 Å². The highest BCUT2D eigenvalue weighted by Crippen LogP contribution is 2.51. The van der Waals surface area contributed by atoms with E-state index in [1.807, 2.05) is 12.1 Å². The SMILES string of the molecule is CC(C)C1(CNc2ccc(N)c(C#N)c2)CC1. The molecule has 0 bridgehead atoms. The van der Waals surface area contributed by atoms with E-state index in [1.54, 1.807) is 6.07 Å². The lowest BCUT2D eigenvalue weighted by molar-refractivity contribution is 0.380. The average Bonchev–Trinajstić information content (AvgIpc) is 3.09. The highest BCUT2D eigenvalue weighted by molar-refractivity contribution is 5.61. The predicted molar refractivity (Wildman–Crippen MR) is 70.6 cm³/mol. The Morgan fingerprint density at radius 1 is 1.47 bits per heavy atom. The first kappa shape index (κ1) is 11.8. The summed E-state index contributed by atoms with van der Waals surface area (Å²) in [6, 6.07) is 7.66. The topological polar surface area (TPSA) is 61.8 Å². The molecule has 1 aromatic rings. The molecule has 0 atom stereocenters. The summed E-state index contributed by atoms with van der Waals surface area (Å²) in [5.41, 5.74) is 8.24. The van der Waals surface area contributed by atoms with Gasteiger partial charge in [-0.3, -0.25) is 0 Å². The summed E-state index contributed by atoms with van der Waals surface area (Å²) in [7, 11) is 0. The minimum atomic E-state index is 0.466. The molecule has 0 amide bonds. The summed E-state index contributed by atoms with van der Waals surface area (Å²) in [6.45, 7) is 5.54. The number of anilines is 2. The second kappa shape index (κ2) is 4.29. The Balaban J connectivity index is 2.03. The van der Waals surface area contributed by atoms with Crippen LogP contribution in [-0.4, -0.2) is 6.54 Å². The molecule has 2 rings (SSSR count). The van der Waals surface area contributed by atoms with Gasteiger partial charge in [-0.25, -0.2) is 0 Å². The zero-order valence-corrected chi connectivity index (χ0v) is 10.5. The Morgan fingerprint density at radius 3 is 2.71 bits per heavy atom. The van der Waals surface area contributed by atoms with Crippen molar-refractivity contribution in [2.75, 3.05) is 17.6 Å². The maximum Gasteiger partial charge on any atom is 0.101 e. The Labute approximate surface area is 103 Å². The summed E-state index contributed by atoms with van der Waals surface area (Å²) in [5.74, 6) is 0.708. The van der Waals surface area contributed by atoms with Gasteiger partial charge in [0.25, 0.3) is 0 Å². The van der Waals surface area contributed by atoms with Crippen LogP contribution in [0.1, 0.15) is 32.3 Å². The van der Waals surface area contributed by atoms with Crippen molar-refractivity contribution >= 4 is 11.4 Å². The summed E-state index contributed by atoms with van der Waals surface area (Å²) in [4.78, 5) is 0. The van der Waals surface area contributed by atoms with Crippen molar-refractivity contribution in [3.8, 4) is 6.07 Å². The molecule has 0 unspecified atom stereocenters. The molecule has 1 aromatic carbocycles. The Bertz CT molecular complexity index is 453. The first-order valence-electron chi connectivity index (χ1n) is 6.11. The molecule has 0 saturated heterocycles. The summed E-state index contributed by atoms with van der Waals surface area (Å²) in [6.07, 6.45) is 2.61. The van der Waals surface area contributed by atoms with Crippen molar-refractivity contribution in [2.45, 2.75) is 26.7 Å². The molecule has 17 heavy (non-hydrogen) atoms. The van der Waals surface area contributed by atoms with Crippen LogP contribution in [0.5, 0.6) is 0 Å². The van der Waals surface area contributed by atoms with Gasteiger partial charge in [-0.1, -0.05) is 13.8 Å². The van der Waals surface area contributed by atoms with Crippen LogP contribution in [0, 0.1) is 22.7 Å². The summed E-state index contributed by atoms with van der Waals surface area (Å²) in [5, 5.41) is 12.3. The molecule has 1 aliphatic carbocycles. The van der Waals surface area contributed by atoms with Crippen LogP contribution in [0.25, 0.3) is 0 Å². The first-order chi connectivity index (χ1) is 8.07. The maximum absolute atomic E-state index is 8.91. The molecule has 0 spiro atoms. The van der Waals surface area contributed by atoms with Gasteiger partial charge >= 0.3 is 0 Å². The molecule has 90 valence electrons. The van der Waals surface area contributed by atoms with Crippen LogP contribution >= 0.6 is 0 Å². The van der Waals surface area contributed by atoms with E-state index in [1.165, 1.54) is 12.8 Å². The second-order valence-electron chi connectivity index (χ2n) is 5.28. The van der Waals surface area contributed by atoms with Gasteiger partial charge in [0, 0.05) is 17.9 Å². The van der Waals surface area contributed by atoms with Gasteiger partial charge in [0.15, 0.2) is 0 Å². The summed E-state index contributed by atoms with van der Waals surface area (Å²) >= 11 is 0. The summed E-state index contributed by atoms with van der Waals surface area (Å²) < 4.78 is 0. The molecule has 1 fully saturated rings. The third-order valence-electron chi connectivity index (χ3n) is 3.94. The molecule has 0 aromatic heterocycles. The monoisotopic (exact) mass is 229 g/mol. The molecule has 0 aliphatic heterocycles. The van der Waals surface area contributed by atoms with E-state index in [0.717, 1.165) is 12.2 Å². The lowest BCUT2D eigenvalue weighted by atomic mass is 9.92. The number of nitrogen functional groups attached to an aromatic ring is 1. The van der Waals surface area contributed by atoms with Gasteiger partial charge in [-0.05, 0) is 42.4 Å². The largest absolute Gasteiger partial charge is 0.398 e. The number of benzene rings is 1. The van der Waals surface area contributed by atoms with Crippen molar-refractivity contribution in [3.05, 3.63) is 23.8 Å². The number of nitrogens with zero attached hydrogens (tertiary/aromatic N) is 1. The van der Waals surface area contributed by atoms with Gasteiger partial charge < -0.3 is 11.1 Å². The van der Waals surface area contributed by atoms with Gasteiger partial charge in [-0.15, -0.1) is 0 Å². The van der Waals surface area contributed by atoms with Crippen molar-refractivity contribution in [1.29, 1.82) is 5.26 Å². The van der Waals surface area contributed by atoms with Gasteiger partial charge in [-0.2, -0.15) is 5.26 Å². The van der Waals surface area contributed by atoms with Crippen LogP contribution in [-0.2, 0) is 0 Å².